The Labute approximate surface area is 146 Å². The van der Waals surface area contributed by atoms with Crippen molar-refractivity contribution in [1.29, 1.82) is 0 Å². The average molecular weight is 323 g/mol. The molecule has 0 spiro atoms. The van der Waals surface area contributed by atoms with Crippen LogP contribution < -0.4 is 0 Å². The highest BCUT2D eigenvalue weighted by atomic mass is 14.9. The lowest BCUT2D eigenvalue weighted by atomic mass is 9.83. The summed E-state index contributed by atoms with van der Waals surface area (Å²) in [6.07, 6.45) is 3.92. The van der Waals surface area contributed by atoms with Crippen molar-refractivity contribution in [2.75, 3.05) is 0 Å². The fourth-order valence-corrected chi connectivity index (χ4v) is 3.92. The van der Waals surface area contributed by atoms with Gasteiger partial charge in [0.15, 0.2) is 5.82 Å². The number of para-hydroxylation sites is 1. The van der Waals surface area contributed by atoms with Gasteiger partial charge in [0.1, 0.15) is 0 Å². The molecular formula is C22H17N3. The second-order valence-corrected chi connectivity index (χ2v) is 7.01. The molecule has 5 rings (SSSR count). The quantitative estimate of drug-likeness (QED) is 0.495. The van der Waals surface area contributed by atoms with Gasteiger partial charge >= 0.3 is 0 Å². The summed E-state index contributed by atoms with van der Waals surface area (Å²) in [5, 5.41) is 1.20. The molecule has 3 heteroatoms. The van der Waals surface area contributed by atoms with Gasteiger partial charge in [-0.05, 0) is 11.6 Å². The number of fused-ring (bicyclic) bond motifs is 5. The molecule has 1 aliphatic carbocycles. The minimum absolute atomic E-state index is 0.181. The van der Waals surface area contributed by atoms with Gasteiger partial charge in [-0.3, -0.25) is 4.98 Å². The van der Waals surface area contributed by atoms with Crippen LogP contribution in [0.5, 0.6) is 0 Å². The largest absolute Gasteiger partial charge is 0.256 e. The average Bonchev–Trinajstić information content (AvgIpc) is 2.90. The summed E-state index contributed by atoms with van der Waals surface area (Å²) in [5.41, 5.74) is 6.51. The third-order valence-corrected chi connectivity index (χ3v) is 5.10. The molecular weight excluding hydrogens is 306 g/mol. The molecule has 0 aliphatic heterocycles. The molecule has 0 N–H and O–H groups in total. The number of nitrogens with zero attached hydrogens (tertiary/aromatic N) is 3. The van der Waals surface area contributed by atoms with Crippen molar-refractivity contribution in [2.24, 2.45) is 0 Å². The lowest BCUT2D eigenvalue weighted by Gasteiger charge is -2.22. The molecule has 2 heterocycles. The van der Waals surface area contributed by atoms with Crippen LogP contribution in [0.25, 0.3) is 33.4 Å². The van der Waals surface area contributed by atoms with E-state index in [4.69, 9.17) is 4.98 Å². The molecule has 1 aliphatic rings. The number of hydrogen-bond acceptors (Lipinski definition) is 3. The second-order valence-electron chi connectivity index (χ2n) is 7.01. The van der Waals surface area contributed by atoms with Crippen LogP contribution in [0.4, 0.5) is 0 Å². The molecule has 0 bridgehead atoms. The Morgan fingerprint density at radius 3 is 2.32 bits per heavy atom. The van der Waals surface area contributed by atoms with Crippen LogP contribution in [0.1, 0.15) is 25.1 Å². The zero-order valence-corrected chi connectivity index (χ0v) is 14.2. The minimum atomic E-state index is -0.181. The van der Waals surface area contributed by atoms with E-state index in [0.29, 0.717) is 0 Å². The predicted octanol–water partition coefficient (Wildman–Crippen LogP) is 5.00. The van der Waals surface area contributed by atoms with E-state index in [1.807, 2.05) is 48.8 Å². The molecule has 0 unspecified atom stereocenters. The SMILES string of the molecule is CC1(C)c2nc(-c3ccccc3)ncc2-c2cnc3ccccc3c21. The van der Waals surface area contributed by atoms with Crippen molar-refractivity contribution in [3.63, 3.8) is 0 Å². The first-order chi connectivity index (χ1) is 12.2. The molecule has 0 saturated carbocycles. The van der Waals surface area contributed by atoms with E-state index in [9.17, 15) is 0 Å². The summed E-state index contributed by atoms with van der Waals surface area (Å²) in [6.45, 7) is 4.48. The zero-order chi connectivity index (χ0) is 17.0. The van der Waals surface area contributed by atoms with Crippen molar-refractivity contribution in [3.8, 4) is 22.5 Å². The third-order valence-electron chi connectivity index (χ3n) is 5.10. The van der Waals surface area contributed by atoms with E-state index < -0.39 is 0 Å². The molecule has 4 aromatic rings. The Hall–Kier alpha value is -3.07. The Morgan fingerprint density at radius 1 is 0.760 bits per heavy atom. The zero-order valence-electron chi connectivity index (χ0n) is 14.2. The van der Waals surface area contributed by atoms with E-state index in [1.165, 1.54) is 10.9 Å². The van der Waals surface area contributed by atoms with Crippen LogP contribution in [0.2, 0.25) is 0 Å². The van der Waals surface area contributed by atoms with E-state index in [0.717, 1.165) is 33.7 Å². The van der Waals surface area contributed by atoms with Gasteiger partial charge in [-0.2, -0.15) is 0 Å². The number of rotatable bonds is 1. The predicted molar refractivity (Wildman–Crippen MR) is 100 cm³/mol. The van der Waals surface area contributed by atoms with E-state index in [2.05, 4.69) is 42.0 Å². The summed E-state index contributed by atoms with van der Waals surface area (Å²) < 4.78 is 0. The van der Waals surface area contributed by atoms with Gasteiger partial charge in [0.25, 0.3) is 0 Å². The second kappa shape index (κ2) is 4.96. The molecule has 120 valence electrons. The third kappa shape index (κ3) is 1.96. The standard InChI is InChI=1S/C22H17N3/c1-22(2)19-15-10-6-7-11-18(15)23-12-16(19)17-13-24-21(25-20(17)22)14-8-4-3-5-9-14/h3-13H,1-2H3. The first-order valence-corrected chi connectivity index (χ1v) is 8.48. The molecule has 0 fully saturated rings. The van der Waals surface area contributed by atoms with Gasteiger partial charge in [-0.1, -0.05) is 62.4 Å². The fourth-order valence-electron chi connectivity index (χ4n) is 3.92. The summed E-state index contributed by atoms with van der Waals surface area (Å²) in [5.74, 6) is 0.775. The molecule has 0 saturated heterocycles. The van der Waals surface area contributed by atoms with Crippen LogP contribution in [-0.4, -0.2) is 15.0 Å². The highest BCUT2D eigenvalue weighted by Gasteiger charge is 2.39. The molecule has 0 radical (unpaired) electrons. The molecule has 2 aromatic carbocycles. The van der Waals surface area contributed by atoms with Crippen molar-refractivity contribution in [2.45, 2.75) is 19.3 Å². The number of aromatic nitrogens is 3. The molecule has 25 heavy (non-hydrogen) atoms. The lowest BCUT2D eigenvalue weighted by Crippen LogP contribution is -2.18. The normalized spacial score (nSPS) is 14.3. The molecule has 3 nitrogen and oxygen atoms in total. The van der Waals surface area contributed by atoms with Gasteiger partial charge in [-0.15, -0.1) is 0 Å². The van der Waals surface area contributed by atoms with Crippen molar-refractivity contribution in [1.82, 2.24) is 15.0 Å². The lowest BCUT2D eigenvalue weighted by molar-refractivity contribution is 0.641. The van der Waals surface area contributed by atoms with Crippen LogP contribution in [0.15, 0.2) is 67.0 Å². The van der Waals surface area contributed by atoms with Crippen molar-refractivity contribution < 1.29 is 0 Å². The topological polar surface area (TPSA) is 38.7 Å². The molecule has 0 atom stereocenters. The van der Waals surface area contributed by atoms with E-state index >= 15 is 0 Å². The Balaban J connectivity index is 1.79. The van der Waals surface area contributed by atoms with Crippen LogP contribution in [0.3, 0.4) is 0 Å². The summed E-state index contributed by atoms with van der Waals surface area (Å²) in [4.78, 5) is 14.2. The number of hydrogen-bond donors (Lipinski definition) is 0. The van der Waals surface area contributed by atoms with E-state index in [1.54, 1.807) is 0 Å². The van der Waals surface area contributed by atoms with Gasteiger partial charge < -0.3 is 0 Å². The highest BCUT2D eigenvalue weighted by molar-refractivity contribution is 5.94. The maximum Gasteiger partial charge on any atom is 0.159 e. The minimum Gasteiger partial charge on any atom is -0.256 e. The van der Waals surface area contributed by atoms with Crippen molar-refractivity contribution >= 4 is 10.9 Å². The smallest absolute Gasteiger partial charge is 0.159 e. The number of benzene rings is 2. The highest BCUT2D eigenvalue weighted by Crippen LogP contribution is 2.49. The van der Waals surface area contributed by atoms with Gasteiger partial charge in [0.2, 0.25) is 0 Å². The first kappa shape index (κ1) is 14.3. The molecule has 2 aromatic heterocycles. The summed E-state index contributed by atoms with van der Waals surface area (Å²) in [6, 6.07) is 18.5. The van der Waals surface area contributed by atoms with Crippen molar-refractivity contribution in [3.05, 3.63) is 78.2 Å². The monoisotopic (exact) mass is 323 g/mol. The van der Waals surface area contributed by atoms with Crippen LogP contribution in [-0.2, 0) is 5.41 Å². The summed E-state index contributed by atoms with van der Waals surface area (Å²) >= 11 is 0. The maximum absolute atomic E-state index is 4.96. The summed E-state index contributed by atoms with van der Waals surface area (Å²) in [7, 11) is 0. The van der Waals surface area contributed by atoms with Crippen LogP contribution >= 0.6 is 0 Å². The van der Waals surface area contributed by atoms with E-state index in [-0.39, 0.29) is 5.41 Å². The fraction of sp³-hybridized carbons (Fsp3) is 0.136. The Kier molecular flexibility index (Phi) is 2.84. The maximum atomic E-state index is 4.96. The first-order valence-electron chi connectivity index (χ1n) is 8.48. The van der Waals surface area contributed by atoms with Gasteiger partial charge in [-0.25, -0.2) is 9.97 Å². The Morgan fingerprint density at radius 2 is 1.48 bits per heavy atom. The van der Waals surface area contributed by atoms with Gasteiger partial charge in [0.05, 0.1) is 11.2 Å². The van der Waals surface area contributed by atoms with Crippen LogP contribution in [0, 0.1) is 0 Å². The van der Waals surface area contributed by atoms with Gasteiger partial charge in [0, 0.05) is 39.9 Å². The number of pyridine rings is 1. The molecule has 0 amide bonds. The Bertz CT molecular complexity index is 1110.